The first-order chi connectivity index (χ1) is 17.2. The summed E-state index contributed by atoms with van der Waals surface area (Å²) in [5.74, 6) is 0.354. The third kappa shape index (κ3) is 6.10. The van der Waals surface area contributed by atoms with E-state index in [1.807, 2.05) is 0 Å². The van der Waals surface area contributed by atoms with Gasteiger partial charge in [0.1, 0.15) is 23.5 Å². The van der Waals surface area contributed by atoms with Crippen LogP contribution >= 0.6 is 46.6 Å². The number of ether oxygens (including phenoxy) is 1. The summed E-state index contributed by atoms with van der Waals surface area (Å²) < 4.78 is 21.4. The number of aryl methyl sites for hydroxylation is 1. The Balaban J connectivity index is 1.62. The normalized spacial score (nSPS) is 11.9. The molecule has 0 saturated carbocycles. The van der Waals surface area contributed by atoms with Crippen LogP contribution in [0, 0.1) is 22.9 Å². The van der Waals surface area contributed by atoms with E-state index in [1.165, 1.54) is 6.07 Å². The molecule has 0 N–H and O–H groups in total. The lowest BCUT2D eigenvalue weighted by Crippen LogP contribution is -2.11. The molecule has 0 bridgehead atoms. The topological polar surface area (TPSA) is 83.1 Å². The molecule has 0 radical (unpaired) electrons. The van der Waals surface area contributed by atoms with E-state index in [4.69, 9.17) is 39.5 Å². The first kappa shape index (κ1) is 26.2. The highest BCUT2D eigenvalue weighted by molar-refractivity contribution is 7.99. The minimum absolute atomic E-state index is 0.0813. The lowest BCUT2D eigenvalue weighted by molar-refractivity contribution is -0.479. The van der Waals surface area contributed by atoms with Crippen molar-refractivity contribution in [2.24, 2.45) is 0 Å². The lowest BCUT2D eigenvalue weighted by Gasteiger charge is -2.17. The fourth-order valence-corrected chi connectivity index (χ4v) is 5.34. The van der Waals surface area contributed by atoms with E-state index < -0.39 is 22.5 Å². The Morgan fingerprint density at radius 2 is 1.75 bits per heavy atom. The van der Waals surface area contributed by atoms with E-state index in [0.29, 0.717) is 27.1 Å². The Kier molecular flexibility index (Phi) is 8.35. The molecule has 3 aromatic carbocycles. The Morgan fingerprint density at radius 1 is 1.08 bits per heavy atom. The van der Waals surface area contributed by atoms with Gasteiger partial charge in [-0.1, -0.05) is 64.8 Å². The smallest absolute Gasteiger partial charge is 0.220 e. The molecule has 12 heteroatoms. The number of thioether (sulfide) groups is 1. The van der Waals surface area contributed by atoms with Crippen LogP contribution in [0.15, 0.2) is 65.8 Å². The molecule has 0 unspecified atom stereocenters. The van der Waals surface area contributed by atoms with Crippen LogP contribution in [0.3, 0.4) is 0 Å². The van der Waals surface area contributed by atoms with E-state index in [2.05, 4.69) is 10.2 Å². The average Bonchev–Trinajstić information content (AvgIpc) is 3.19. The second-order valence-electron chi connectivity index (χ2n) is 7.66. The van der Waals surface area contributed by atoms with Gasteiger partial charge in [0.25, 0.3) is 0 Å². The molecule has 0 amide bonds. The summed E-state index contributed by atoms with van der Waals surface area (Å²) >= 11 is 20.1. The van der Waals surface area contributed by atoms with E-state index in [1.54, 1.807) is 66.1 Å². The van der Waals surface area contributed by atoms with Crippen molar-refractivity contribution >= 4 is 46.6 Å². The Labute approximate surface area is 225 Å². The second-order valence-corrected chi connectivity index (χ2v) is 10.1. The van der Waals surface area contributed by atoms with Crippen LogP contribution in [0.1, 0.15) is 22.2 Å². The summed E-state index contributed by atoms with van der Waals surface area (Å²) in [6.45, 7) is 1.28. The van der Waals surface area contributed by atoms with Crippen molar-refractivity contribution < 1.29 is 14.1 Å². The maximum absolute atomic E-state index is 13.9. The number of benzene rings is 3. The van der Waals surface area contributed by atoms with Gasteiger partial charge in [0.15, 0.2) is 10.9 Å². The quantitative estimate of drug-likeness (QED) is 0.119. The number of aromatic nitrogens is 3. The largest absolute Gasteiger partial charge is 0.486 e. The molecule has 0 spiro atoms. The second kappa shape index (κ2) is 11.5. The van der Waals surface area contributed by atoms with Gasteiger partial charge in [-0.2, -0.15) is 0 Å². The minimum Gasteiger partial charge on any atom is -0.486 e. The standard InChI is InChI=1S/C24H18Cl3FN4O3S/c1-14-29-30-24(32(14)18-8-6-17(25)7-9-18)36-22(12-31(33)34)16-10-19(26)23(20(27)11-16)35-13-15-4-2-3-5-21(15)28/h2-11,22H,12-13H2,1H3/t22-/m0/s1. The molecule has 0 aliphatic rings. The molecule has 36 heavy (non-hydrogen) atoms. The van der Waals surface area contributed by atoms with E-state index in [-0.39, 0.29) is 22.4 Å². The van der Waals surface area contributed by atoms with Crippen LogP contribution in [0.5, 0.6) is 5.75 Å². The number of halogens is 4. The van der Waals surface area contributed by atoms with Crippen molar-refractivity contribution in [3.05, 3.63) is 109 Å². The summed E-state index contributed by atoms with van der Waals surface area (Å²) in [7, 11) is 0. The summed E-state index contributed by atoms with van der Waals surface area (Å²) in [5, 5.41) is 20.5. The van der Waals surface area contributed by atoms with Gasteiger partial charge in [0.2, 0.25) is 6.54 Å². The van der Waals surface area contributed by atoms with Gasteiger partial charge in [-0.15, -0.1) is 10.2 Å². The predicted octanol–water partition coefficient (Wildman–Crippen LogP) is 7.36. The van der Waals surface area contributed by atoms with Crippen LogP contribution in [0.2, 0.25) is 15.1 Å². The highest BCUT2D eigenvalue weighted by Gasteiger charge is 2.26. The molecule has 4 aromatic rings. The van der Waals surface area contributed by atoms with E-state index in [9.17, 15) is 14.5 Å². The predicted molar refractivity (Wildman–Crippen MR) is 139 cm³/mol. The highest BCUT2D eigenvalue weighted by Crippen LogP contribution is 2.42. The van der Waals surface area contributed by atoms with Gasteiger partial charge in [-0.05, 0) is 55.0 Å². The molecule has 0 fully saturated rings. The number of nitro groups is 1. The summed E-state index contributed by atoms with van der Waals surface area (Å²) in [4.78, 5) is 11.1. The van der Waals surface area contributed by atoms with E-state index in [0.717, 1.165) is 17.4 Å². The van der Waals surface area contributed by atoms with Crippen molar-refractivity contribution in [2.45, 2.75) is 23.9 Å². The maximum atomic E-state index is 13.9. The van der Waals surface area contributed by atoms with Gasteiger partial charge in [0.05, 0.1) is 10.0 Å². The van der Waals surface area contributed by atoms with Crippen molar-refractivity contribution in [3.63, 3.8) is 0 Å². The molecule has 1 atom stereocenters. The molecular formula is C24H18Cl3FN4O3S. The zero-order valence-corrected chi connectivity index (χ0v) is 21.8. The Bertz CT molecular complexity index is 1380. The molecule has 1 heterocycles. The summed E-state index contributed by atoms with van der Waals surface area (Å²) in [5.41, 5.74) is 1.61. The van der Waals surface area contributed by atoms with Crippen LogP contribution < -0.4 is 4.74 Å². The summed E-state index contributed by atoms with van der Waals surface area (Å²) in [6, 6.07) is 16.4. The van der Waals surface area contributed by atoms with Crippen LogP contribution in [0.25, 0.3) is 5.69 Å². The van der Waals surface area contributed by atoms with Crippen LogP contribution in [-0.2, 0) is 6.61 Å². The third-order valence-electron chi connectivity index (χ3n) is 5.16. The fourth-order valence-electron chi connectivity index (χ4n) is 3.45. The SMILES string of the molecule is Cc1nnc(S[C@@H](C[N+](=O)[O-])c2cc(Cl)c(OCc3ccccc3F)c(Cl)c2)n1-c1ccc(Cl)cc1. The molecule has 4 rings (SSSR count). The van der Waals surface area contributed by atoms with Gasteiger partial charge in [-0.3, -0.25) is 14.7 Å². The molecule has 0 aliphatic heterocycles. The molecule has 0 aliphatic carbocycles. The fraction of sp³-hybridized carbons (Fsp3) is 0.167. The molecule has 0 saturated heterocycles. The minimum atomic E-state index is -0.690. The van der Waals surface area contributed by atoms with Gasteiger partial charge in [-0.25, -0.2) is 4.39 Å². The number of nitrogens with zero attached hydrogens (tertiary/aromatic N) is 4. The Hall–Kier alpha value is -2.85. The van der Waals surface area contributed by atoms with E-state index >= 15 is 0 Å². The first-order valence-corrected chi connectivity index (χ1v) is 12.6. The van der Waals surface area contributed by atoms with Crippen LogP contribution in [0.4, 0.5) is 4.39 Å². The van der Waals surface area contributed by atoms with Gasteiger partial charge >= 0.3 is 0 Å². The maximum Gasteiger partial charge on any atom is 0.220 e. The third-order valence-corrected chi connectivity index (χ3v) is 7.16. The van der Waals surface area contributed by atoms with Crippen LogP contribution in [-0.4, -0.2) is 26.2 Å². The Morgan fingerprint density at radius 3 is 2.39 bits per heavy atom. The van der Waals surface area contributed by atoms with Crippen molar-refractivity contribution in [3.8, 4) is 11.4 Å². The number of hydrogen-bond donors (Lipinski definition) is 0. The summed E-state index contributed by atoms with van der Waals surface area (Å²) in [6.07, 6.45) is 0. The molecule has 1 aromatic heterocycles. The lowest BCUT2D eigenvalue weighted by atomic mass is 10.1. The average molecular weight is 568 g/mol. The molecule has 186 valence electrons. The number of hydrogen-bond acceptors (Lipinski definition) is 6. The van der Waals surface area contributed by atoms with Crippen molar-refractivity contribution in [1.29, 1.82) is 0 Å². The zero-order chi connectivity index (χ0) is 25.8. The van der Waals surface area contributed by atoms with Crippen molar-refractivity contribution in [1.82, 2.24) is 14.8 Å². The monoisotopic (exact) mass is 566 g/mol. The number of rotatable bonds is 9. The molecule has 7 nitrogen and oxygen atoms in total. The van der Waals surface area contributed by atoms with Crippen molar-refractivity contribution in [2.75, 3.05) is 6.54 Å². The van der Waals surface area contributed by atoms with Gasteiger partial charge in [0, 0.05) is 21.2 Å². The zero-order valence-electron chi connectivity index (χ0n) is 18.7. The first-order valence-electron chi connectivity index (χ1n) is 10.5. The molecular weight excluding hydrogens is 550 g/mol. The highest BCUT2D eigenvalue weighted by atomic mass is 35.5. The van der Waals surface area contributed by atoms with Gasteiger partial charge < -0.3 is 4.74 Å².